The zero-order chi connectivity index (χ0) is 10.8. The molecule has 1 aromatic carbocycles. The first-order valence-electron chi connectivity index (χ1n) is 4.48. The van der Waals surface area contributed by atoms with E-state index in [4.69, 9.17) is 23.1 Å². The Morgan fingerprint density at radius 2 is 1.87 bits per heavy atom. The third-order valence-electron chi connectivity index (χ3n) is 2.08. The number of anilines is 2. The van der Waals surface area contributed by atoms with E-state index in [9.17, 15) is 0 Å². The second-order valence-corrected chi connectivity index (χ2v) is 3.73. The van der Waals surface area contributed by atoms with E-state index in [1.165, 1.54) is 0 Å². The molecule has 2 aromatic rings. The number of aromatic nitrogens is 2. The normalized spacial score (nSPS) is 10.5. The molecule has 0 spiro atoms. The molecule has 15 heavy (non-hydrogen) atoms. The van der Waals surface area contributed by atoms with Crippen molar-refractivity contribution in [3.8, 4) is 0 Å². The lowest BCUT2D eigenvalue weighted by atomic mass is 10.2. The molecule has 0 aliphatic rings. The van der Waals surface area contributed by atoms with E-state index in [1.807, 2.05) is 24.3 Å². The van der Waals surface area contributed by atoms with Crippen LogP contribution < -0.4 is 11.5 Å². The highest BCUT2D eigenvalue weighted by molar-refractivity contribution is 6.30. The zero-order valence-electron chi connectivity index (χ0n) is 8.02. The molecular weight excluding hydrogens is 212 g/mol. The number of hydrogen-bond acceptors (Lipinski definition) is 3. The van der Waals surface area contributed by atoms with E-state index < -0.39 is 0 Å². The van der Waals surface area contributed by atoms with Crippen LogP contribution in [0.15, 0.2) is 30.5 Å². The van der Waals surface area contributed by atoms with Crippen molar-refractivity contribution >= 4 is 23.1 Å². The standard InChI is InChI=1S/C10H11ClN4/c11-8-3-1-7(2-4-8)5-15-6-9(12)10(13)14-15/h1-4,6H,5,12H2,(H2,13,14). The van der Waals surface area contributed by atoms with Crippen LogP contribution in [0.2, 0.25) is 5.02 Å². The van der Waals surface area contributed by atoms with Gasteiger partial charge in [-0.2, -0.15) is 5.10 Å². The Bertz CT molecular complexity index is 441. The highest BCUT2D eigenvalue weighted by Gasteiger charge is 2.01. The van der Waals surface area contributed by atoms with Crippen molar-refractivity contribution in [2.75, 3.05) is 11.5 Å². The second-order valence-electron chi connectivity index (χ2n) is 3.29. The van der Waals surface area contributed by atoms with Crippen molar-refractivity contribution in [2.45, 2.75) is 6.54 Å². The zero-order valence-corrected chi connectivity index (χ0v) is 8.78. The third-order valence-corrected chi connectivity index (χ3v) is 2.33. The summed E-state index contributed by atoms with van der Waals surface area (Å²) in [4.78, 5) is 0. The first-order chi connectivity index (χ1) is 7.15. The van der Waals surface area contributed by atoms with Gasteiger partial charge in [-0.25, -0.2) is 0 Å². The van der Waals surface area contributed by atoms with E-state index in [-0.39, 0.29) is 0 Å². The Morgan fingerprint density at radius 1 is 1.20 bits per heavy atom. The summed E-state index contributed by atoms with van der Waals surface area (Å²) in [6, 6.07) is 7.56. The minimum Gasteiger partial charge on any atom is -0.394 e. The molecule has 0 aliphatic carbocycles. The van der Waals surface area contributed by atoms with Crippen LogP contribution in [0.4, 0.5) is 11.5 Å². The van der Waals surface area contributed by atoms with Crippen LogP contribution in [-0.4, -0.2) is 9.78 Å². The summed E-state index contributed by atoms with van der Waals surface area (Å²) in [5.41, 5.74) is 12.7. The van der Waals surface area contributed by atoms with Gasteiger partial charge in [-0.3, -0.25) is 4.68 Å². The van der Waals surface area contributed by atoms with Gasteiger partial charge in [0, 0.05) is 5.02 Å². The Morgan fingerprint density at radius 3 is 2.40 bits per heavy atom. The van der Waals surface area contributed by atoms with Gasteiger partial charge in [-0.15, -0.1) is 0 Å². The highest BCUT2D eigenvalue weighted by Crippen LogP contribution is 2.14. The van der Waals surface area contributed by atoms with Crippen LogP contribution in [-0.2, 0) is 6.54 Å². The Labute approximate surface area is 92.4 Å². The molecule has 4 N–H and O–H groups in total. The van der Waals surface area contributed by atoms with Crippen LogP contribution in [0.25, 0.3) is 0 Å². The number of rotatable bonds is 2. The number of nitrogen functional groups attached to an aromatic ring is 2. The molecule has 0 saturated carbocycles. The molecular formula is C10H11ClN4. The van der Waals surface area contributed by atoms with E-state index in [0.29, 0.717) is 18.1 Å². The van der Waals surface area contributed by atoms with E-state index >= 15 is 0 Å². The van der Waals surface area contributed by atoms with Crippen molar-refractivity contribution in [1.29, 1.82) is 0 Å². The first kappa shape index (κ1) is 9.86. The average Bonchev–Trinajstić information content (AvgIpc) is 2.50. The quantitative estimate of drug-likeness (QED) is 0.813. The summed E-state index contributed by atoms with van der Waals surface area (Å²) in [7, 11) is 0. The smallest absolute Gasteiger partial charge is 0.168 e. The molecule has 0 unspecified atom stereocenters. The van der Waals surface area contributed by atoms with Gasteiger partial charge in [0.25, 0.3) is 0 Å². The second kappa shape index (κ2) is 3.82. The fourth-order valence-electron chi connectivity index (χ4n) is 1.31. The van der Waals surface area contributed by atoms with Crippen LogP contribution in [0, 0.1) is 0 Å². The maximum atomic E-state index is 5.78. The summed E-state index contributed by atoms with van der Waals surface area (Å²) >= 11 is 5.78. The lowest BCUT2D eigenvalue weighted by Crippen LogP contribution is -2.00. The van der Waals surface area contributed by atoms with Crippen molar-refractivity contribution in [3.63, 3.8) is 0 Å². The number of hydrogen-bond donors (Lipinski definition) is 2. The molecule has 0 atom stereocenters. The van der Waals surface area contributed by atoms with Gasteiger partial charge in [0.1, 0.15) is 0 Å². The Kier molecular flexibility index (Phi) is 2.51. The number of halogens is 1. The average molecular weight is 223 g/mol. The number of nitrogens with zero attached hydrogens (tertiary/aromatic N) is 2. The maximum Gasteiger partial charge on any atom is 0.168 e. The van der Waals surface area contributed by atoms with E-state index in [1.54, 1.807) is 10.9 Å². The molecule has 5 heteroatoms. The largest absolute Gasteiger partial charge is 0.394 e. The third kappa shape index (κ3) is 2.22. The molecule has 0 amide bonds. The lowest BCUT2D eigenvalue weighted by molar-refractivity contribution is 0.690. The fourth-order valence-corrected chi connectivity index (χ4v) is 1.44. The Balaban J connectivity index is 2.18. The Hall–Kier alpha value is -1.68. The first-order valence-corrected chi connectivity index (χ1v) is 4.86. The SMILES string of the molecule is Nc1cn(Cc2ccc(Cl)cc2)nc1N. The summed E-state index contributed by atoms with van der Waals surface area (Å²) in [6.45, 7) is 0.637. The summed E-state index contributed by atoms with van der Waals surface area (Å²) in [6.07, 6.45) is 1.71. The number of nitrogens with two attached hydrogens (primary N) is 2. The maximum absolute atomic E-state index is 5.78. The van der Waals surface area contributed by atoms with Crippen molar-refractivity contribution < 1.29 is 0 Å². The highest BCUT2D eigenvalue weighted by atomic mass is 35.5. The summed E-state index contributed by atoms with van der Waals surface area (Å²) < 4.78 is 1.70. The lowest BCUT2D eigenvalue weighted by Gasteiger charge is -2.01. The van der Waals surface area contributed by atoms with E-state index in [0.717, 1.165) is 10.6 Å². The van der Waals surface area contributed by atoms with Gasteiger partial charge in [-0.05, 0) is 17.7 Å². The summed E-state index contributed by atoms with van der Waals surface area (Å²) in [5, 5.41) is 4.78. The molecule has 0 bridgehead atoms. The minimum atomic E-state index is 0.365. The van der Waals surface area contributed by atoms with Gasteiger partial charge in [0.05, 0.1) is 18.4 Å². The molecule has 0 aliphatic heterocycles. The predicted octanol–water partition coefficient (Wildman–Crippen LogP) is 1.75. The monoisotopic (exact) mass is 222 g/mol. The van der Waals surface area contributed by atoms with Crippen LogP contribution in [0.3, 0.4) is 0 Å². The minimum absolute atomic E-state index is 0.365. The summed E-state index contributed by atoms with van der Waals surface area (Å²) in [5.74, 6) is 0.365. The molecule has 4 nitrogen and oxygen atoms in total. The van der Waals surface area contributed by atoms with Gasteiger partial charge in [0.2, 0.25) is 0 Å². The van der Waals surface area contributed by atoms with Crippen LogP contribution >= 0.6 is 11.6 Å². The van der Waals surface area contributed by atoms with Gasteiger partial charge >= 0.3 is 0 Å². The molecule has 2 rings (SSSR count). The van der Waals surface area contributed by atoms with E-state index in [2.05, 4.69) is 5.10 Å². The predicted molar refractivity (Wildman–Crippen MR) is 61.6 cm³/mol. The molecule has 78 valence electrons. The molecule has 0 saturated heterocycles. The molecule has 0 fully saturated rings. The van der Waals surface area contributed by atoms with Gasteiger partial charge in [0.15, 0.2) is 5.82 Å². The van der Waals surface area contributed by atoms with Crippen molar-refractivity contribution in [2.24, 2.45) is 0 Å². The molecule has 1 heterocycles. The van der Waals surface area contributed by atoms with Crippen molar-refractivity contribution in [3.05, 3.63) is 41.0 Å². The van der Waals surface area contributed by atoms with Crippen molar-refractivity contribution in [1.82, 2.24) is 9.78 Å². The molecule has 0 radical (unpaired) electrons. The van der Waals surface area contributed by atoms with Gasteiger partial charge in [-0.1, -0.05) is 23.7 Å². The van der Waals surface area contributed by atoms with Crippen LogP contribution in [0.5, 0.6) is 0 Å². The topological polar surface area (TPSA) is 69.9 Å². The fraction of sp³-hybridized carbons (Fsp3) is 0.100. The van der Waals surface area contributed by atoms with Crippen LogP contribution in [0.1, 0.15) is 5.56 Å². The molecule has 1 aromatic heterocycles. The van der Waals surface area contributed by atoms with Gasteiger partial charge < -0.3 is 11.5 Å². The number of benzene rings is 1.